The van der Waals surface area contributed by atoms with Crippen molar-refractivity contribution in [3.63, 3.8) is 0 Å². The maximum atomic E-state index is 13.1. The second-order valence-corrected chi connectivity index (χ2v) is 10.6. The lowest BCUT2D eigenvalue weighted by Gasteiger charge is -2.37. The molecule has 0 saturated carbocycles. The maximum absolute atomic E-state index is 13.1. The summed E-state index contributed by atoms with van der Waals surface area (Å²) in [6, 6.07) is 17.3. The van der Waals surface area contributed by atoms with E-state index in [-0.39, 0.29) is 23.6 Å². The topological polar surface area (TPSA) is 89.7 Å². The predicted octanol–water partition coefficient (Wildman–Crippen LogP) is 3.80. The summed E-state index contributed by atoms with van der Waals surface area (Å²) in [5.41, 5.74) is 2.73. The molecular weight excluding hydrogens is 494 g/mol. The first kappa shape index (κ1) is 26.7. The highest BCUT2D eigenvalue weighted by Crippen LogP contribution is 2.28. The van der Waals surface area contributed by atoms with E-state index in [0.717, 1.165) is 55.7 Å². The van der Waals surface area contributed by atoms with Crippen molar-refractivity contribution >= 4 is 17.6 Å². The van der Waals surface area contributed by atoms with Gasteiger partial charge in [-0.2, -0.15) is 5.10 Å². The number of aromatic nitrogens is 3. The van der Waals surface area contributed by atoms with Gasteiger partial charge in [-0.15, -0.1) is 0 Å². The van der Waals surface area contributed by atoms with E-state index in [0.29, 0.717) is 25.3 Å². The molecule has 2 atom stereocenters. The molecule has 2 saturated heterocycles. The molecule has 2 fully saturated rings. The zero-order valence-electron chi connectivity index (χ0n) is 22.7. The molecule has 0 radical (unpaired) electrons. The van der Waals surface area contributed by atoms with Crippen molar-refractivity contribution in [3.05, 3.63) is 77.0 Å². The number of ether oxygens (including phenoxy) is 1. The summed E-state index contributed by atoms with van der Waals surface area (Å²) >= 11 is 0. The summed E-state index contributed by atoms with van der Waals surface area (Å²) in [5, 5.41) is 4.37. The zero-order valence-corrected chi connectivity index (χ0v) is 22.7. The first-order valence-corrected chi connectivity index (χ1v) is 13.9. The standard InChI is InChI=1S/C30H37N5O4/c1-22(24-8-4-3-5-9-24)35-30(38)34(21-31-35)26-13-11-25(12-14-26)32-18-15-23(16-19-32)20-28(36)33-17-7-6-10-27(33)29(37)39-2/h3-5,8-9,11-14,21-23,27H,6-7,10,15-20H2,1-2H3/t22?,27-/m1/s1. The Labute approximate surface area is 229 Å². The Morgan fingerprint density at radius 2 is 1.64 bits per heavy atom. The van der Waals surface area contributed by atoms with Crippen molar-refractivity contribution < 1.29 is 14.3 Å². The number of benzene rings is 2. The number of hydrogen-bond acceptors (Lipinski definition) is 6. The fourth-order valence-corrected chi connectivity index (χ4v) is 5.83. The highest BCUT2D eigenvalue weighted by atomic mass is 16.5. The number of piperidine rings is 2. The second kappa shape index (κ2) is 11.9. The molecule has 206 valence electrons. The first-order valence-electron chi connectivity index (χ1n) is 13.9. The van der Waals surface area contributed by atoms with Crippen molar-refractivity contribution in [2.45, 2.75) is 57.5 Å². The Morgan fingerprint density at radius 1 is 0.949 bits per heavy atom. The molecule has 1 aromatic heterocycles. The van der Waals surface area contributed by atoms with Crippen LogP contribution in [0.5, 0.6) is 0 Å². The van der Waals surface area contributed by atoms with Gasteiger partial charge in [-0.3, -0.25) is 4.79 Å². The van der Waals surface area contributed by atoms with Crippen molar-refractivity contribution in [1.82, 2.24) is 19.2 Å². The predicted molar refractivity (Wildman–Crippen MR) is 149 cm³/mol. The van der Waals surface area contributed by atoms with Crippen LogP contribution < -0.4 is 10.6 Å². The fraction of sp³-hybridized carbons (Fsp3) is 0.467. The van der Waals surface area contributed by atoms with Crippen molar-refractivity contribution in [1.29, 1.82) is 0 Å². The summed E-state index contributed by atoms with van der Waals surface area (Å²) in [4.78, 5) is 42.3. The molecule has 2 aromatic carbocycles. The Kier molecular flexibility index (Phi) is 8.14. The van der Waals surface area contributed by atoms with Crippen LogP contribution >= 0.6 is 0 Å². The van der Waals surface area contributed by atoms with Gasteiger partial charge >= 0.3 is 11.7 Å². The van der Waals surface area contributed by atoms with Crippen LogP contribution in [0.25, 0.3) is 5.69 Å². The Morgan fingerprint density at radius 3 is 2.33 bits per heavy atom. The number of hydrogen-bond donors (Lipinski definition) is 0. The van der Waals surface area contributed by atoms with Crippen molar-refractivity contribution in [2.24, 2.45) is 5.92 Å². The monoisotopic (exact) mass is 531 g/mol. The minimum Gasteiger partial charge on any atom is -0.467 e. The van der Waals surface area contributed by atoms with Gasteiger partial charge in [0.2, 0.25) is 5.91 Å². The first-order chi connectivity index (χ1) is 19.0. The van der Waals surface area contributed by atoms with Gasteiger partial charge in [0, 0.05) is 31.7 Å². The number of carbonyl (C=O) groups excluding carboxylic acids is 2. The van der Waals surface area contributed by atoms with Gasteiger partial charge < -0.3 is 14.5 Å². The molecule has 0 spiro atoms. The molecule has 0 N–H and O–H groups in total. The second-order valence-electron chi connectivity index (χ2n) is 10.6. The highest BCUT2D eigenvalue weighted by molar-refractivity contribution is 5.84. The van der Waals surface area contributed by atoms with Crippen LogP contribution in [0.2, 0.25) is 0 Å². The molecule has 9 heteroatoms. The van der Waals surface area contributed by atoms with E-state index in [1.54, 1.807) is 15.8 Å². The van der Waals surface area contributed by atoms with Gasteiger partial charge in [-0.1, -0.05) is 30.3 Å². The quantitative estimate of drug-likeness (QED) is 0.431. The molecule has 1 unspecified atom stereocenters. The number of esters is 1. The third kappa shape index (κ3) is 5.77. The highest BCUT2D eigenvalue weighted by Gasteiger charge is 2.34. The van der Waals surface area contributed by atoms with Gasteiger partial charge in [-0.25, -0.2) is 18.8 Å². The summed E-state index contributed by atoms with van der Waals surface area (Å²) in [6.45, 7) is 4.34. The largest absolute Gasteiger partial charge is 0.467 e. The number of anilines is 1. The molecule has 0 bridgehead atoms. The number of likely N-dealkylation sites (tertiary alicyclic amines) is 1. The summed E-state index contributed by atoms with van der Waals surface area (Å²) in [7, 11) is 1.39. The molecule has 2 aliphatic heterocycles. The Hall–Kier alpha value is -3.88. The van der Waals surface area contributed by atoms with Crippen LogP contribution in [-0.2, 0) is 14.3 Å². The third-order valence-electron chi connectivity index (χ3n) is 8.21. The lowest BCUT2D eigenvalue weighted by molar-refractivity contribution is -0.155. The van der Waals surface area contributed by atoms with E-state index >= 15 is 0 Å². The normalized spacial score (nSPS) is 19.1. The molecule has 1 amide bonds. The van der Waals surface area contributed by atoms with Gasteiger partial charge in [-0.05, 0) is 74.8 Å². The lowest BCUT2D eigenvalue weighted by Crippen LogP contribution is -2.49. The number of carbonyl (C=O) groups is 2. The van der Waals surface area contributed by atoms with Crippen LogP contribution in [0.3, 0.4) is 0 Å². The average molecular weight is 532 g/mol. The molecule has 9 nitrogen and oxygen atoms in total. The van der Waals surface area contributed by atoms with Crippen LogP contribution in [0.1, 0.15) is 57.1 Å². The fourth-order valence-electron chi connectivity index (χ4n) is 5.83. The molecule has 3 heterocycles. The Bertz CT molecular complexity index is 1330. The van der Waals surface area contributed by atoms with Gasteiger partial charge in [0.25, 0.3) is 0 Å². The van der Waals surface area contributed by atoms with E-state index in [4.69, 9.17) is 4.74 Å². The molecular formula is C30H37N5O4. The van der Waals surface area contributed by atoms with Gasteiger partial charge in [0.15, 0.2) is 0 Å². The zero-order chi connectivity index (χ0) is 27.4. The van der Waals surface area contributed by atoms with Crippen LogP contribution in [0, 0.1) is 5.92 Å². The molecule has 2 aliphatic rings. The number of amides is 1. The van der Waals surface area contributed by atoms with Crippen molar-refractivity contribution in [2.75, 3.05) is 31.6 Å². The van der Waals surface area contributed by atoms with Crippen molar-refractivity contribution in [3.8, 4) is 5.69 Å². The van der Waals surface area contributed by atoms with E-state index in [9.17, 15) is 14.4 Å². The molecule has 0 aliphatic carbocycles. The van der Waals surface area contributed by atoms with E-state index < -0.39 is 6.04 Å². The Balaban J connectivity index is 1.18. The average Bonchev–Trinajstić information content (AvgIpc) is 3.38. The van der Waals surface area contributed by atoms with Gasteiger partial charge in [0.1, 0.15) is 12.4 Å². The third-order valence-corrected chi connectivity index (χ3v) is 8.21. The van der Waals surface area contributed by atoms with Crippen LogP contribution in [-0.4, -0.2) is 63.9 Å². The number of methoxy groups -OCH3 is 1. The minimum absolute atomic E-state index is 0.0699. The minimum atomic E-state index is -0.434. The maximum Gasteiger partial charge on any atom is 0.350 e. The summed E-state index contributed by atoms with van der Waals surface area (Å²) in [6.07, 6.45) is 6.48. The number of nitrogens with zero attached hydrogens (tertiary/aromatic N) is 5. The summed E-state index contributed by atoms with van der Waals surface area (Å²) in [5.74, 6) is 0.0753. The molecule has 3 aromatic rings. The van der Waals surface area contributed by atoms with E-state index in [1.165, 1.54) is 11.8 Å². The summed E-state index contributed by atoms with van der Waals surface area (Å²) < 4.78 is 8.01. The SMILES string of the molecule is COC(=O)[C@H]1CCCCN1C(=O)CC1CCN(c2ccc(-n3cnn(C(C)c4ccccc4)c3=O)cc2)CC1. The van der Waals surface area contributed by atoms with Crippen LogP contribution in [0.4, 0.5) is 5.69 Å². The lowest BCUT2D eigenvalue weighted by atomic mass is 9.91. The smallest absolute Gasteiger partial charge is 0.350 e. The van der Waals surface area contributed by atoms with Crippen LogP contribution in [0.15, 0.2) is 65.7 Å². The molecule has 5 rings (SSSR count). The van der Waals surface area contributed by atoms with Gasteiger partial charge in [0.05, 0.1) is 18.8 Å². The van der Waals surface area contributed by atoms with E-state index in [1.807, 2.05) is 61.5 Å². The molecule has 39 heavy (non-hydrogen) atoms. The number of rotatable bonds is 7. The van der Waals surface area contributed by atoms with E-state index in [2.05, 4.69) is 10.00 Å².